The first-order chi connectivity index (χ1) is 10.0. The standard InChI is InChI=1S/C15H20BrN3O2/c1-18(14-7-12-4-5-13(8-14)17-12)9-10-2-3-11(16)6-15(10)19(20)21/h2-3,6,12-14,17H,4-5,7-9H2,1H3. The van der Waals surface area contributed by atoms with Crippen LogP contribution in [0, 0.1) is 10.1 Å². The number of nitrogens with zero attached hydrogens (tertiary/aromatic N) is 2. The van der Waals surface area contributed by atoms with Crippen molar-refractivity contribution < 1.29 is 4.92 Å². The lowest BCUT2D eigenvalue weighted by molar-refractivity contribution is -0.385. The minimum absolute atomic E-state index is 0.202. The third-order valence-electron chi connectivity index (χ3n) is 4.74. The fraction of sp³-hybridized carbons (Fsp3) is 0.600. The number of nitro benzene ring substituents is 1. The Kier molecular flexibility index (Phi) is 4.28. The van der Waals surface area contributed by atoms with Crippen LogP contribution in [0.15, 0.2) is 22.7 Å². The van der Waals surface area contributed by atoms with E-state index in [1.54, 1.807) is 6.07 Å². The maximum absolute atomic E-state index is 11.2. The van der Waals surface area contributed by atoms with E-state index in [2.05, 4.69) is 33.2 Å². The van der Waals surface area contributed by atoms with Crippen molar-refractivity contribution in [2.45, 2.75) is 50.4 Å². The molecule has 0 radical (unpaired) electrons. The molecular formula is C15H20BrN3O2. The van der Waals surface area contributed by atoms with E-state index in [4.69, 9.17) is 0 Å². The summed E-state index contributed by atoms with van der Waals surface area (Å²) >= 11 is 3.31. The smallest absolute Gasteiger partial charge is 0.275 e. The molecule has 2 aliphatic heterocycles. The summed E-state index contributed by atoms with van der Waals surface area (Å²) in [4.78, 5) is 13.2. The molecule has 2 atom stereocenters. The molecule has 1 aromatic carbocycles. The van der Waals surface area contributed by atoms with E-state index >= 15 is 0 Å². The molecule has 1 N–H and O–H groups in total. The van der Waals surface area contributed by atoms with Gasteiger partial charge in [0.05, 0.1) is 4.92 Å². The molecule has 0 aliphatic carbocycles. The largest absolute Gasteiger partial charge is 0.311 e. The lowest BCUT2D eigenvalue weighted by atomic mass is 9.98. The van der Waals surface area contributed by atoms with Crippen LogP contribution in [0.2, 0.25) is 0 Å². The van der Waals surface area contributed by atoms with Crippen LogP contribution in [0.1, 0.15) is 31.2 Å². The van der Waals surface area contributed by atoms with E-state index in [-0.39, 0.29) is 10.6 Å². The Balaban J connectivity index is 1.72. The molecule has 0 saturated carbocycles. The number of nitrogens with one attached hydrogen (secondary N) is 1. The van der Waals surface area contributed by atoms with Gasteiger partial charge < -0.3 is 5.32 Å². The molecular weight excluding hydrogens is 334 g/mol. The molecule has 6 heteroatoms. The maximum Gasteiger partial charge on any atom is 0.275 e. The summed E-state index contributed by atoms with van der Waals surface area (Å²) < 4.78 is 0.750. The van der Waals surface area contributed by atoms with Gasteiger partial charge >= 0.3 is 0 Å². The van der Waals surface area contributed by atoms with Gasteiger partial charge in [-0.05, 0) is 44.9 Å². The minimum atomic E-state index is -0.292. The number of benzene rings is 1. The molecule has 2 saturated heterocycles. The van der Waals surface area contributed by atoms with Gasteiger partial charge in [-0.2, -0.15) is 0 Å². The number of nitro groups is 1. The van der Waals surface area contributed by atoms with Crippen LogP contribution in [-0.4, -0.2) is 35.0 Å². The summed E-state index contributed by atoms with van der Waals surface area (Å²) in [6.45, 7) is 0.633. The second-order valence-electron chi connectivity index (χ2n) is 6.21. The molecule has 1 aromatic rings. The summed E-state index contributed by atoms with van der Waals surface area (Å²) in [5.74, 6) is 0. The maximum atomic E-state index is 11.2. The molecule has 2 bridgehead atoms. The van der Waals surface area contributed by atoms with E-state index in [0.717, 1.165) is 22.9 Å². The Labute approximate surface area is 133 Å². The highest BCUT2D eigenvalue weighted by atomic mass is 79.9. The number of halogens is 1. The summed E-state index contributed by atoms with van der Waals surface area (Å²) in [6, 6.07) is 7.12. The van der Waals surface area contributed by atoms with Crippen molar-refractivity contribution in [3.05, 3.63) is 38.3 Å². The first-order valence-corrected chi connectivity index (χ1v) is 8.21. The summed E-state index contributed by atoms with van der Waals surface area (Å²) in [6.07, 6.45) is 4.84. The van der Waals surface area contributed by atoms with Crippen LogP contribution in [-0.2, 0) is 6.54 Å². The third kappa shape index (κ3) is 3.27. The van der Waals surface area contributed by atoms with Crippen LogP contribution in [0.5, 0.6) is 0 Å². The average molecular weight is 354 g/mol. The van der Waals surface area contributed by atoms with Crippen LogP contribution in [0.3, 0.4) is 0 Å². The van der Waals surface area contributed by atoms with E-state index in [0.29, 0.717) is 24.7 Å². The number of hydrogen-bond acceptors (Lipinski definition) is 4. The van der Waals surface area contributed by atoms with E-state index in [1.165, 1.54) is 12.8 Å². The predicted octanol–water partition coefficient (Wildman–Crippen LogP) is 3.07. The second-order valence-corrected chi connectivity index (χ2v) is 7.12. The Morgan fingerprint density at radius 1 is 1.38 bits per heavy atom. The highest BCUT2D eigenvalue weighted by Crippen LogP contribution is 2.31. The van der Waals surface area contributed by atoms with Gasteiger partial charge in [-0.1, -0.05) is 15.9 Å². The highest BCUT2D eigenvalue weighted by Gasteiger charge is 2.35. The third-order valence-corrected chi connectivity index (χ3v) is 5.23. The van der Waals surface area contributed by atoms with Gasteiger partial charge in [-0.15, -0.1) is 0 Å². The fourth-order valence-corrected chi connectivity index (χ4v) is 3.97. The molecule has 5 nitrogen and oxygen atoms in total. The van der Waals surface area contributed by atoms with Gasteiger partial charge in [0.2, 0.25) is 0 Å². The van der Waals surface area contributed by atoms with E-state index in [9.17, 15) is 10.1 Å². The second kappa shape index (κ2) is 6.02. The zero-order valence-electron chi connectivity index (χ0n) is 12.1. The Morgan fingerprint density at radius 3 is 2.67 bits per heavy atom. The van der Waals surface area contributed by atoms with Crippen molar-refractivity contribution in [2.24, 2.45) is 0 Å². The predicted molar refractivity (Wildman–Crippen MR) is 85.2 cm³/mol. The van der Waals surface area contributed by atoms with Crippen LogP contribution in [0.4, 0.5) is 5.69 Å². The number of hydrogen-bond donors (Lipinski definition) is 1. The van der Waals surface area contributed by atoms with Crippen molar-refractivity contribution in [1.82, 2.24) is 10.2 Å². The highest BCUT2D eigenvalue weighted by molar-refractivity contribution is 9.10. The number of rotatable bonds is 4. The van der Waals surface area contributed by atoms with Gasteiger partial charge in [-0.25, -0.2) is 0 Å². The molecule has 2 heterocycles. The van der Waals surface area contributed by atoms with Crippen molar-refractivity contribution in [3.63, 3.8) is 0 Å². The first-order valence-electron chi connectivity index (χ1n) is 7.42. The monoisotopic (exact) mass is 353 g/mol. The molecule has 21 heavy (non-hydrogen) atoms. The summed E-state index contributed by atoms with van der Waals surface area (Å²) in [5.41, 5.74) is 0.990. The van der Waals surface area contributed by atoms with E-state index in [1.807, 2.05) is 12.1 Å². The molecule has 2 aliphatic rings. The van der Waals surface area contributed by atoms with Crippen molar-refractivity contribution >= 4 is 21.6 Å². The minimum Gasteiger partial charge on any atom is -0.311 e. The Morgan fingerprint density at radius 2 is 2.05 bits per heavy atom. The zero-order chi connectivity index (χ0) is 15.0. The van der Waals surface area contributed by atoms with Gasteiger partial charge in [0.15, 0.2) is 0 Å². The van der Waals surface area contributed by atoms with Gasteiger partial charge in [0, 0.05) is 40.8 Å². The molecule has 0 aromatic heterocycles. The quantitative estimate of drug-likeness (QED) is 0.667. The zero-order valence-corrected chi connectivity index (χ0v) is 13.7. The van der Waals surface area contributed by atoms with Crippen LogP contribution >= 0.6 is 15.9 Å². The van der Waals surface area contributed by atoms with Crippen molar-refractivity contribution in [3.8, 4) is 0 Å². The SMILES string of the molecule is CN(Cc1ccc(Br)cc1[N+](=O)[O-])C1CC2CCC(C1)N2. The number of piperidine rings is 1. The normalized spacial score (nSPS) is 28.0. The summed E-state index contributed by atoms with van der Waals surface area (Å²) in [5, 5.41) is 14.8. The van der Waals surface area contributed by atoms with Gasteiger partial charge in [0.1, 0.15) is 0 Å². The molecule has 114 valence electrons. The topological polar surface area (TPSA) is 58.4 Å². The molecule has 2 unspecified atom stereocenters. The van der Waals surface area contributed by atoms with Gasteiger partial charge in [0.25, 0.3) is 5.69 Å². The number of fused-ring (bicyclic) bond motifs is 2. The van der Waals surface area contributed by atoms with Crippen molar-refractivity contribution in [1.29, 1.82) is 0 Å². The Hall–Kier alpha value is -0.980. The fourth-order valence-electron chi connectivity index (χ4n) is 3.63. The molecule has 0 spiro atoms. The van der Waals surface area contributed by atoms with Gasteiger partial charge in [-0.3, -0.25) is 15.0 Å². The Bertz CT molecular complexity index is 540. The van der Waals surface area contributed by atoms with Crippen LogP contribution < -0.4 is 5.32 Å². The molecule has 3 rings (SSSR count). The average Bonchev–Trinajstić information content (AvgIpc) is 2.79. The van der Waals surface area contributed by atoms with Crippen molar-refractivity contribution in [2.75, 3.05) is 7.05 Å². The molecule has 2 fully saturated rings. The lowest BCUT2D eigenvalue weighted by Gasteiger charge is -2.35. The lowest BCUT2D eigenvalue weighted by Crippen LogP contribution is -2.46. The molecule has 0 amide bonds. The van der Waals surface area contributed by atoms with Crippen LogP contribution in [0.25, 0.3) is 0 Å². The van der Waals surface area contributed by atoms with E-state index < -0.39 is 0 Å². The summed E-state index contributed by atoms with van der Waals surface area (Å²) in [7, 11) is 2.08. The first kappa shape index (κ1) is 14.9.